The summed E-state index contributed by atoms with van der Waals surface area (Å²) in [6, 6.07) is 30.5. The smallest absolute Gasteiger partial charge is 0.233 e. The van der Waals surface area contributed by atoms with Gasteiger partial charge in [0.25, 0.3) is 0 Å². The van der Waals surface area contributed by atoms with E-state index in [2.05, 4.69) is 43.3 Å². The molecule has 4 heteroatoms. The predicted octanol–water partition coefficient (Wildman–Crippen LogP) is 6.42. The maximum Gasteiger partial charge on any atom is 0.233 e. The van der Waals surface area contributed by atoms with Gasteiger partial charge in [0.15, 0.2) is 0 Å². The third-order valence-corrected chi connectivity index (χ3v) is 6.15. The van der Waals surface area contributed by atoms with Crippen LogP contribution in [0, 0.1) is 0 Å². The highest BCUT2D eigenvalue weighted by Gasteiger charge is 2.39. The summed E-state index contributed by atoms with van der Waals surface area (Å²) in [5.41, 5.74) is 5.28. The Hall–Kier alpha value is -3.66. The second-order valence-corrected chi connectivity index (χ2v) is 8.27. The second-order valence-electron chi connectivity index (χ2n) is 8.27. The molecule has 2 heterocycles. The van der Waals surface area contributed by atoms with Crippen LogP contribution < -0.4 is 4.90 Å². The maximum atomic E-state index is 13.6. The number of para-hydroxylation sites is 2. The number of carbonyl (C=O) groups excluding carboxylic acids is 1. The van der Waals surface area contributed by atoms with E-state index in [0.717, 1.165) is 42.1 Å². The molecular weight excluding hydrogens is 394 g/mol. The Morgan fingerprint density at radius 1 is 0.844 bits per heavy atom. The molecule has 0 saturated carbocycles. The predicted molar refractivity (Wildman–Crippen MR) is 129 cm³/mol. The Kier molecular flexibility index (Phi) is 5.59. The standard InChI is InChI=1S/C28H27N3O/c1-2-3-19-25-27-24(21-13-7-4-8-14-21)20-26(32)30(22-15-9-5-10-16-22)28(27)31(29-25)23-17-11-6-12-18-23/h4-18,24H,2-3,19-20H2,1H3/t24-/m1/s1. The molecule has 160 valence electrons. The van der Waals surface area contributed by atoms with Crippen LogP contribution in [-0.4, -0.2) is 15.7 Å². The minimum atomic E-state index is 0.00276. The quantitative estimate of drug-likeness (QED) is 0.360. The lowest BCUT2D eigenvalue weighted by Gasteiger charge is -2.33. The minimum absolute atomic E-state index is 0.00276. The van der Waals surface area contributed by atoms with Crippen LogP contribution in [0.15, 0.2) is 91.0 Å². The highest BCUT2D eigenvalue weighted by molar-refractivity contribution is 6.03. The van der Waals surface area contributed by atoms with Crippen LogP contribution in [0.25, 0.3) is 5.69 Å². The maximum absolute atomic E-state index is 13.6. The van der Waals surface area contributed by atoms with Gasteiger partial charge in [-0.15, -0.1) is 0 Å². The zero-order valence-electron chi connectivity index (χ0n) is 18.3. The molecule has 3 aromatic carbocycles. The topological polar surface area (TPSA) is 38.1 Å². The monoisotopic (exact) mass is 421 g/mol. The summed E-state index contributed by atoms with van der Waals surface area (Å²) in [6.45, 7) is 2.20. The average Bonchev–Trinajstić information content (AvgIpc) is 3.23. The van der Waals surface area contributed by atoms with E-state index < -0.39 is 0 Å². The number of aryl methyl sites for hydroxylation is 1. The molecule has 0 unspecified atom stereocenters. The van der Waals surface area contributed by atoms with Crippen LogP contribution in [0.5, 0.6) is 0 Å². The van der Waals surface area contributed by atoms with Crippen molar-refractivity contribution in [2.24, 2.45) is 0 Å². The molecule has 1 atom stereocenters. The van der Waals surface area contributed by atoms with E-state index in [0.29, 0.717) is 6.42 Å². The van der Waals surface area contributed by atoms with Crippen LogP contribution >= 0.6 is 0 Å². The zero-order chi connectivity index (χ0) is 21.9. The number of amides is 1. The van der Waals surface area contributed by atoms with Crippen molar-refractivity contribution in [2.45, 2.75) is 38.5 Å². The SMILES string of the molecule is CCCCc1nn(-c2ccccc2)c2c1[C@@H](c1ccccc1)CC(=O)N2c1ccccc1. The van der Waals surface area contributed by atoms with Crippen molar-refractivity contribution in [3.8, 4) is 5.69 Å². The summed E-state index contributed by atoms with van der Waals surface area (Å²) in [4.78, 5) is 15.5. The lowest BCUT2D eigenvalue weighted by Crippen LogP contribution is -2.34. The average molecular weight is 422 g/mol. The van der Waals surface area contributed by atoms with Gasteiger partial charge in [-0.25, -0.2) is 4.68 Å². The van der Waals surface area contributed by atoms with E-state index in [1.165, 1.54) is 11.1 Å². The number of unbranched alkanes of at least 4 members (excludes halogenated alkanes) is 1. The number of aromatic nitrogens is 2. The molecule has 0 fully saturated rings. The van der Waals surface area contributed by atoms with Crippen molar-refractivity contribution in [1.82, 2.24) is 9.78 Å². The highest BCUT2D eigenvalue weighted by Crippen LogP contribution is 2.46. The fourth-order valence-corrected chi connectivity index (χ4v) is 4.61. The second kappa shape index (κ2) is 8.83. The molecule has 0 bridgehead atoms. The summed E-state index contributed by atoms with van der Waals surface area (Å²) in [5.74, 6) is 0.971. The summed E-state index contributed by atoms with van der Waals surface area (Å²) in [6.07, 6.45) is 3.51. The van der Waals surface area contributed by atoms with E-state index in [1.54, 1.807) is 0 Å². The number of hydrogen-bond donors (Lipinski definition) is 0. The van der Waals surface area contributed by atoms with Gasteiger partial charge in [0.1, 0.15) is 5.82 Å². The van der Waals surface area contributed by atoms with Crippen molar-refractivity contribution < 1.29 is 4.79 Å². The Morgan fingerprint density at radius 3 is 2.06 bits per heavy atom. The normalized spacial score (nSPS) is 15.6. The number of carbonyl (C=O) groups is 1. The van der Waals surface area contributed by atoms with E-state index in [9.17, 15) is 4.79 Å². The molecule has 4 aromatic rings. The van der Waals surface area contributed by atoms with Gasteiger partial charge in [-0.3, -0.25) is 9.69 Å². The van der Waals surface area contributed by atoms with E-state index in [-0.39, 0.29) is 11.8 Å². The van der Waals surface area contributed by atoms with Crippen molar-refractivity contribution in [2.75, 3.05) is 4.90 Å². The number of benzene rings is 3. The summed E-state index contributed by atoms with van der Waals surface area (Å²) >= 11 is 0. The lowest BCUT2D eigenvalue weighted by molar-refractivity contribution is -0.118. The van der Waals surface area contributed by atoms with Gasteiger partial charge in [-0.1, -0.05) is 80.1 Å². The minimum Gasteiger partial charge on any atom is -0.274 e. The zero-order valence-corrected chi connectivity index (χ0v) is 18.3. The van der Waals surface area contributed by atoms with Crippen molar-refractivity contribution in [3.05, 3.63) is 108 Å². The molecule has 0 N–H and O–H groups in total. The van der Waals surface area contributed by atoms with Gasteiger partial charge < -0.3 is 0 Å². The number of hydrogen-bond acceptors (Lipinski definition) is 2. The van der Waals surface area contributed by atoms with Gasteiger partial charge >= 0.3 is 0 Å². The molecule has 0 spiro atoms. The summed E-state index contributed by atoms with van der Waals surface area (Å²) < 4.78 is 1.97. The lowest BCUT2D eigenvalue weighted by atomic mass is 9.84. The van der Waals surface area contributed by atoms with Crippen LogP contribution in [0.3, 0.4) is 0 Å². The molecule has 1 amide bonds. The molecule has 1 aliphatic heterocycles. The molecular formula is C28H27N3O. The Morgan fingerprint density at radius 2 is 1.44 bits per heavy atom. The summed E-state index contributed by atoms with van der Waals surface area (Å²) in [7, 11) is 0. The first-order chi connectivity index (χ1) is 15.8. The van der Waals surface area contributed by atoms with E-state index in [1.807, 2.05) is 64.2 Å². The number of rotatable bonds is 6. The molecule has 1 aliphatic rings. The van der Waals surface area contributed by atoms with Gasteiger partial charge in [-0.05, 0) is 42.7 Å². The molecule has 1 aromatic heterocycles. The molecule has 0 radical (unpaired) electrons. The van der Waals surface area contributed by atoms with Gasteiger partial charge in [0, 0.05) is 17.9 Å². The molecule has 0 saturated heterocycles. The van der Waals surface area contributed by atoms with Gasteiger partial charge in [0.2, 0.25) is 5.91 Å². The van der Waals surface area contributed by atoms with Crippen LogP contribution in [0.1, 0.15) is 48.9 Å². The van der Waals surface area contributed by atoms with Crippen molar-refractivity contribution in [1.29, 1.82) is 0 Å². The number of fused-ring (bicyclic) bond motifs is 1. The van der Waals surface area contributed by atoms with Crippen LogP contribution in [-0.2, 0) is 11.2 Å². The van der Waals surface area contributed by atoms with Crippen molar-refractivity contribution >= 4 is 17.4 Å². The summed E-state index contributed by atoms with van der Waals surface area (Å²) in [5, 5.41) is 5.11. The van der Waals surface area contributed by atoms with E-state index in [4.69, 9.17) is 5.10 Å². The highest BCUT2D eigenvalue weighted by atomic mass is 16.2. The third-order valence-electron chi connectivity index (χ3n) is 6.15. The molecule has 32 heavy (non-hydrogen) atoms. The van der Waals surface area contributed by atoms with Crippen LogP contribution in [0.4, 0.5) is 11.5 Å². The Balaban J connectivity index is 1.78. The Bertz CT molecular complexity index is 1200. The fourth-order valence-electron chi connectivity index (χ4n) is 4.61. The van der Waals surface area contributed by atoms with Crippen LogP contribution in [0.2, 0.25) is 0 Å². The number of nitrogens with zero attached hydrogens (tertiary/aromatic N) is 3. The third kappa shape index (κ3) is 3.62. The van der Waals surface area contributed by atoms with Crippen molar-refractivity contribution in [3.63, 3.8) is 0 Å². The van der Waals surface area contributed by atoms with E-state index >= 15 is 0 Å². The van der Waals surface area contributed by atoms with Gasteiger partial charge in [0.05, 0.1) is 17.1 Å². The molecule has 5 rings (SSSR count). The first kappa shape index (κ1) is 20.3. The number of anilines is 2. The first-order valence-corrected chi connectivity index (χ1v) is 11.4. The largest absolute Gasteiger partial charge is 0.274 e. The Labute approximate surface area is 189 Å². The first-order valence-electron chi connectivity index (χ1n) is 11.4. The molecule has 0 aliphatic carbocycles. The van der Waals surface area contributed by atoms with Gasteiger partial charge in [-0.2, -0.15) is 5.10 Å². The fraction of sp³-hybridized carbons (Fsp3) is 0.214. The molecule has 4 nitrogen and oxygen atoms in total.